The molecule has 0 aromatic heterocycles. The summed E-state index contributed by atoms with van der Waals surface area (Å²) in [5.74, 6) is -1.31. The van der Waals surface area contributed by atoms with Gasteiger partial charge >= 0.3 is 6.98 Å². The first-order valence-corrected chi connectivity index (χ1v) is 3.76. The van der Waals surface area contributed by atoms with E-state index in [4.69, 9.17) is 0 Å². The van der Waals surface area contributed by atoms with Crippen LogP contribution in [-0.2, 0) is 0 Å². The van der Waals surface area contributed by atoms with Crippen LogP contribution in [0.2, 0.25) is 0 Å². The van der Waals surface area contributed by atoms with Crippen molar-refractivity contribution in [3.8, 4) is 0 Å². The summed E-state index contributed by atoms with van der Waals surface area (Å²) in [6.07, 6.45) is 0. The maximum absolute atomic E-state index is 12.2. The van der Waals surface area contributed by atoms with E-state index in [-0.39, 0.29) is 0 Å². The standard InChI is InChI=1S/C8H9BF3/c1-7(9(10,11)12)8-5-3-2-4-6-8/h2-7H,1H3/q-1/t7-/m1/s1. The van der Waals surface area contributed by atoms with E-state index in [0.717, 1.165) is 0 Å². The van der Waals surface area contributed by atoms with Crippen molar-refractivity contribution in [3.05, 3.63) is 35.9 Å². The summed E-state index contributed by atoms with van der Waals surface area (Å²) >= 11 is 0. The Morgan fingerprint density at radius 2 is 1.58 bits per heavy atom. The molecular formula is C8H9BF3-. The molecule has 0 saturated carbocycles. The number of benzene rings is 1. The van der Waals surface area contributed by atoms with Gasteiger partial charge in [0.05, 0.1) is 0 Å². The lowest BCUT2D eigenvalue weighted by molar-refractivity contribution is 0.446. The highest BCUT2D eigenvalue weighted by Crippen LogP contribution is 2.29. The molecule has 0 unspecified atom stereocenters. The second-order valence-electron chi connectivity index (χ2n) is 2.82. The summed E-state index contributed by atoms with van der Waals surface area (Å²) in [7, 11) is 0. The SMILES string of the molecule is C[C@H](c1ccccc1)[B-](F)(F)F. The third kappa shape index (κ3) is 2.03. The monoisotopic (exact) mass is 173 g/mol. The summed E-state index contributed by atoms with van der Waals surface area (Å²) in [4.78, 5) is 0. The average molecular weight is 173 g/mol. The molecule has 4 heteroatoms. The maximum atomic E-state index is 12.2. The molecule has 0 bridgehead atoms. The molecule has 12 heavy (non-hydrogen) atoms. The molecule has 0 fully saturated rings. The molecule has 0 nitrogen and oxygen atoms in total. The minimum absolute atomic E-state index is 0.338. The zero-order valence-corrected chi connectivity index (χ0v) is 6.68. The second-order valence-corrected chi connectivity index (χ2v) is 2.82. The minimum atomic E-state index is -4.75. The van der Waals surface area contributed by atoms with Gasteiger partial charge in [-0.15, -0.1) is 0 Å². The van der Waals surface area contributed by atoms with Crippen molar-refractivity contribution in [2.24, 2.45) is 0 Å². The van der Waals surface area contributed by atoms with Gasteiger partial charge in [0, 0.05) is 0 Å². The van der Waals surface area contributed by atoms with E-state index in [2.05, 4.69) is 0 Å². The largest absolute Gasteiger partial charge is 0.485 e. The normalized spacial score (nSPS) is 14.3. The van der Waals surface area contributed by atoms with Crippen LogP contribution in [0.15, 0.2) is 30.3 Å². The van der Waals surface area contributed by atoms with Gasteiger partial charge in [-0.3, -0.25) is 0 Å². The van der Waals surface area contributed by atoms with Crippen LogP contribution in [-0.4, -0.2) is 6.98 Å². The highest BCUT2D eigenvalue weighted by atomic mass is 19.4. The van der Waals surface area contributed by atoms with Crippen molar-refractivity contribution < 1.29 is 12.9 Å². The Morgan fingerprint density at radius 3 is 2.00 bits per heavy atom. The summed E-state index contributed by atoms with van der Waals surface area (Å²) in [6, 6.07) is 7.95. The first kappa shape index (κ1) is 9.17. The summed E-state index contributed by atoms with van der Waals surface area (Å²) in [6.45, 7) is -3.56. The van der Waals surface area contributed by atoms with Crippen molar-refractivity contribution in [3.63, 3.8) is 0 Å². The van der Waals surface area contributed by atoms with Crippen molar-refractivity contribution in [1.29, 1.82) is 0 Å². The Hall–Kier alpha value is -0.925. The van der Waals surface area contributed by atoms with Gasteiger partial charge in [0.1, 0.15) is 0 Å². The first-order valence-electron chi connectivity index (χ1n) is 3.76. The molecule has 1 rings (SSSR count). The number of halogens is 3. The molecule has 0 spiro atoms. The molecule has 66 valence electrons. The summed E-state index contributed by atoms with van der Waals surface area (Å²) < 4.78 is 36.6. The molecule has 1 aromatic rings. The van der Waals surface area contributed by atoms with Gasteiger partial charge in [-0.05, 0) is 0 Å². The Labute approximate surface area is 69.5 Å². The van der Waals surface area contributed by atoms with Crippen LogP contribution in [0.3, 0.4) is 0 Å². The van der Waals surface area contributed by atoms with E-state index in [1.807, 2.05) is 0 Å². The molecule has 0 aliphatic carbocycles. The van der Waals surface area contributed by atoms with Gasteiger partial charge in [-0.1, -0.05) is 48.6 Å². The molecule has 0 saturated heterocycles. The lowest BCUT2D eigenvalue weighted by atomic mass is 9.70. The fourth-order valence-corrected chi connectivity index (χ4v) is 0.975. The molecular weight excluding hydrogens is 164 g/mol. The van der Waals surface area contributed by atoms with Crippen LogP contribution in [0.5, 0.6) is 0 Å². The van der Waals surface area contributed by atoms with Crippen LogP contribution in [0.1, 0.15) is 18.3 Å². The van der Waals surface area contributed by atoms with E-state index >= 15 is 0 Å². The second kappa shape index (κ2) is 3.21. The number of rotatable bonds is 2. The van der Waals surface area contributed by atoms with Crippen LogP contribution in [0, 0.1) is 0 Å². The predicted molar refractivity (Wildman–Crippen MR) is 43.9 cm³/mol. The van der Waals surface area contributed by atoms with Gasteiger partial charge in [-0.2, -0.15) is 0 Å². The Balaban J connectivity index is 2.86. The first-order chi connectivity index (χ1) is 5.52. The molecule has 0 amide bonds. The highest BCUT2D eigenvalue weighted by Gasteiger charge is 2.31. The van der Waals surface area contributed by atoms with Crippen LogP contribution in [0.4, 0.5) is 12.9 Å². The highest BCUT2D eigenvalue weighted by molar-refractivity contribution is 6.60. The zero-order valence-electron chi connectivity index (χ0n) is 6.68. The van der Waals surface area contributed by atoms with E-state index in [0.29, 0.717) is 5.56 Å². The van der Waals surface area contributed by atoms with Crippen LogP contribution in [0.25, 0.3) is 0 Å². The van der Waals surface area contributed by atoms with Crippen molar-refractivity contribution in [2.75, 3.05) is 0 Å². The third-order valence-corrected chi connectivity index (χ3v) is 1.89. The molecule has 0 N–H and O–H groups in total. The fraction of sp³-hybridized carbons (Fsp3) is 0.250. The van der Waals surface area contributed by atoms with E-state index in [9.17, 15) is 12.9 Å². The molecule has 0 aliphatic rings. The number of hydrogen-bond acceptors (Lipinski definition) is 0. The quantitative estimate of drug-likeness (QED) is 0.602. The lowest BCUT2D eigenvalue weighted by Crippen LogP contribution is -2.24. The van der Waals surface area contributed by atoms with Crippen LogP contribution < -0.4 is 0 Å². The van der Waals surface area contributed by atoms with Gasteiger partial charge in [0.15, 0.2) is 0 Å². The molecule has 0 aliphatic heterocycles. The maximum Gasteiger partial charge on any atom is 0.485 e. The van der Waals surface area contributed by atoms with Crippen LogP contribution >= 0.6 is 0 Å². The van der Waals surface area contributed by atoms with Crippen molar-refractivity contribution in [1.82, 2.24) is 0 Å². The zero-order chi connectivity index (χ0) is 9.19. The lowest BCUT2D eigenvalue weighted by Gasteiger charge is -2.22. The Morgan fingerprint density at radius 1 is 1.08 bits per heavy atom. The van der Waals surface area contributed by atoms with E-state index < -0.39 is 12.8 Å². The van der Waals surface area contributed by atoms with Gasteiger partial charge in [0.25, 0.3) is 0 Å². The van der Waals surface area contributed by atoms with Gasteiger partial charge in [-0.25, -0.2) is 0 Å². The van der Waals surface area contributed by atoms with E-state index in [1.165, 1.54) is 19.1 Å². The summed E-state index contributed by atoms with van der Waals surface area (Å²) in [5, 5.41) is 0. The smallest absolute Gasteiger partial charge is 0.448 e. The third-order valence-electron chi connectivity index (χ3n) is 1.89. The Bertz CT molecular complexity index is 242. The average Bonchev–Trinajstić information content (AvgIpc) is 2.03. The molecule has 1 atom stereocenters. The predicted octanol–water partition coefficient (Wildman–Crippen LogP) is 3.18. The van der Waals surface area contributed by atoms with Crippen molar-refractivity contribution in [2.45, 2.75) is 12.7 Å². The van der Waals surface area contributed by atoms with Crippen molar-refractivity contribution >= 4 is 6.98 Å². The van der Waals surface area contributed by atoms with E-state index in [1.54, 1.807) is 18.2 Å². The molecule has 0 heterocycles. The number of hydrogen-bond donors (Lipinski definition) is 0. The molecule has 1 aromatic carbocycles. The molecule has 0 radical (unpaired) electrons. The van der Waals surface area contributed by atoms with Gasteiger partial charge in [0.2, 0.25) is 0 Å². The van der Waals surface area contributed by atoms with Gasteiger partial charge < -0.3 is 12.9 Å². The topological polar surface area (TPSA) is 0 Å². The minimum Gasteiger partial charge on any atom is -0.448 e. The summed E-state index contributed by atoms with van der Waals surface area (Å²) in [5.41, 5.74) is 0.338. The fourth-order valence-electron chi connectivity index (χ4n) is 0.975. The Kier molecular flexibility index (Phi) is 2.45.